The molecule has 0 aliphatic carbocycles. The Labute approximate surface area is 103 Å². The molecule has 2 unspecified atom stereocenters. The molecule has 1 aliphatic rings. The maximum absolute atomic E-state index is 5.30. The lowest BCUT2D eigenvalue weighted by atomic mass is 9.75. The molecular formula is C13H21NOS. The lowest BCUT2D eigenvalue weighted by molar-refractivity contribution is 0.162. The normalized spacial score (nSPS) is 25.1. The van der Waals surface area contributed by atoms with Crippen molar-refractivity contribution >= 4 is 16.8 Å². The number of nitrogens with zero attached hydrogens (tertiary/aromatic N) is 1. The van der Waals surface area contributed by atoms with Gasteiger partial charge in [-0.15, -0.1) is 11.8 Å². The summed E-state index contributed by atoms with van der Waals surface area (Å²) >= 11 is 1.68. The van der Waals surface area contributed by atoms with Gasteiger partial charge in [0.2, 0.25) is 0 Å². The molecule has 1 aliphatic heterocycles. The number of ether oxygens (including phenoxy) is 1. The highest BCUT2D eigenvalue weighted by Gasteiger charge is 2.32. The van der Waals surface area contributed by atoms with Crippen LogP contribution in [0.3, 0.4) is 0 Å². The van der Waals surface area contributed by atoms with E-state index in [0.29, 0.717) is 12.5 Å². The van der Waals surface area contributed by atoms with Crippen LogP contribution in [0.1, 0.15) is 20.8 Å². The second-order valence-electron chi connectivity index (χ2n) is 4.99. The fourth-order valence-corrected chi connectivity index (χ4v) is 2.35. The Hall–Kier alpha value is -0.700. The van der Waals surface area contributed by atoms with E-state index in [4.69, 9.17) is 9.73 Å². The Bertz CT molecular complexity index is 302. The van der Waals surface area contributed by atoms with Gasteiger partial charge < -0.3 is 4.74 Å². The van der Waals surface area contributed by atoms with Crippen molar-refractivity contribution in [2.24, 2.45) is 16.3 Å². The van der Waals surface area contributed by atoms with Gasteiger partial charge in [-0.3, -0.25) is 4.99 Å². The summed E-state index contributed by atoms with van der Waals surface area (Å²) in [7, 11) is 0. The van der Waals surface area contributed by atoms with Gasteiger partial charge in [0.15, 0.2) is 0 Å². The van der Waals surface area contributed by atoms with Gasteiger partial charge in [-0.1, -0.05) is 33.4 Å². The Balaban J connectivity index is 2.81. The highest BCUT2D eigenvalue weighted by molar-refractivity contribution is 8.13. The van der Waals surface area contributed by atoms with Crippen LogP contribution < -0.4 is 0 Å². The van der Waals surface area contributed by atoms with E-state index in [1.54, 1.807) is 11.8 Å². The van der Waals surface area contributed by atoms with E-state index in [0.717, 1.165) is 5.04 Å². The van der Waals surface area contributed by atoms with Crippen LogP contribution in [-0.2, 0) is 4.74 Å². The number of hydrogen-bond donors (Lipinski definition) is 0. The topological polar surface area (TPSA) is 21.6 Å². The van der Waals surface area contributed by atoms with E-state index >= 15 is 0 Å². The lowest BCUT2D eigenvalue weighted by Gasteiger charge is -2.34. The Morgan fingerprint density at radius 2 is 2.25 bits per heavy atom. The number of hydrogen-bond acceptors (Lipinski definition) is 3. The van der Waals surface area contributed by atoms with E-state index in [1.807, 2.05) is 6.26 Å². The molecule has 0 amide bonds. The predicted molar refractivity (Wildman–Crippen MR) is 73.0 cm³/mol. The highest BCUT2D eigenvalue weighted by Crippen LogP contribution is 2.34. The second kappa shape index (κ2) is 5.58. The molecule has 1 heterocycles. The Kier molecular flexibility index (Phi) is 4.66. The molecule has 2 nitrogen and oxygen atoms in total. The fourth-order valence-electron chi connectivity index (χ4n) is 1.90. The zero-order valence-corrected chi connectivity index (χ0v) is 11.4. The van der Waals surface area contributed by atoms with Crippen molar-refractivity contribution in [1.82, 2.24) is 0 Å². The van der Waals surface area contributed by atoms with E-state index in [-0.39, 0.29) is 11.5 Å². The molecule has 0 bridgehead atoms. The molecule has 2 atom stereocenters. The van der Waals surface area contributed by atoms with Gasteiger partial charge in [0, 0.05) is 5.92 Å². The molecule has 90 valence electrons. The largest absolute Gasteiger partial charge is 0.500 e. The summed E-state index contributed by atoms with van der Waals surface area (Å²) in [5.74, 6) is 0.420. The van der Waals surface area contributed by atoms with Crippen molar-refractivity contribution in [2.75, 3.05) is 12.9 Å². The molecule has 0 fully saturated rings. The van der Waals surface area contributed by atoms with E-state index in [2.05, 4.69) is 39.5 Å². The first-order chi connectivity index (χ1) is 7.49. The number of dihydropyridines is 1. The van der Waals surface area contributed by atoms with Crippen molar-refractivity contribution in [3.8, 4) is 0 Å². The first kappa shape index (κ1) is 13.4. The van der Waals surface area contributed by atoms with Crippen LogP contribution in [0.4, 0.5) is 0 Å². The fraction of sp³-hybridized carbons (Fsp3) is 0.615. The van der Waals surface area contributed by atoms with Crippen LogP contribution in [0.5, 0.6) is 0 Å². The van der Waals surface area contributed by atoms with Crippen LogP contribution in [0.25, 0.3) is 0 Å². The number of rotatable bonds is 3. The SMILES string of the molecule is C=COCC1N=C(SC)C=CC1C(C)(C)C. The van der Waals surface area contributed by atoms with Crippen LogP contribution >= 0.6 is 11.8 Å². The zero-order chi connectivity index (χ0) is 12.2. The average molecular weight is 239 g/mol. The molecule has 0 aromatic carbocycles. The van der Waals surface area contributed by atoms with Crippen LogP contribution in [0.15, 0.2) is 30.0 Å². The van der Waals surface area contributed by atoms with Gasteiger partial charge in [0.25, 0.3) is 0 Å². The molecule has 0 saturated heterocycles. The molecule has 0 aromatic heterocycles. The van der Waals surface area contributed by atoms with Gasteiger partial charge in [-0.05, 0) is 17.7 Å². The van der Waals surface area contributed by atoms with Crippen molar-refractivity contribution in [2.45, 2.75) is 26.8 Å². The van der Waals surface area contributed by atoms with Crippen LogP contribution in [0.2, 0.25) is 0 Å². The van der Waals surface area contributed by atoms with Gasteiger partial charge in [-0.2, -0.15) is 0 Å². The summed E-state index contributed by atoms with van der Waals surface area (Å²) in [6.07, 6.45) is 7.92. The quantitative estimate of drug-likeness (QED) is 0.703. The van der Waals surface area contributed by atoms with E-state index < -0.39 is 0 Å². The third kappa shape index (κ3) is 3.41. The van der Waals surface area contributed by atoms with Crippen molar-refractivity contribution in [3.63, 3.8) is 0 Å². The van der Waals surface area contributed by atoms with E-state index in [1.165, 1.54) is 6.26 Å². The Morgan fingerprint density at radius 1 is 1.56 bits per heavy atom. The summed E-state index contributed by atoms with van der Waals surface area (Å²) in [5.41, 5.74) is 0.207. The third-order valence-corrected chi connectivity index (χ3v) is 3.41. The molecule has 0 radical (unpaired) electrons. The van der Waals surface area contributed by atoms with Gasteiger partial charge >= 0.3 is 0 Å². The van der Waals surface area contributed by atoms with Gasteiger partial charge in [0.05, 0.1) is 17.3 Å². The molecule has 3 heteroatoms. The maximum atomic E-state index is 5.30. The third-order valence-electron chi connectivity index (χ3n) is 2.75. The van der Waals surface area contributed by atoms with Crippen LogP contribution in [0, 0.1) is 11.3 Å². The summed E-state index contributed by atoms with van der Waals surface area (Å²) in [6, 6.07) is 0.199. The molecule has 16 heavy (non-hydrogen) atoms. The minimum absolute atomic E-state index is 0.199. The summed E-state index contributed by atoms with van der Waals surface area (Å²) < 4.78 is 5.30. The summed E-state index contributed by atoms with van der Waals surface area (Å²) in [5, 5.41) is 1.08. The predicted octanol–water partition coefficient (Wildman–Crippen LogP) is 3.51. The Morgan fingerprint density at radius 3 is 2.75 bits per heavy atom. The standard InChI is InChI=1S/C13H21NOS/c1-6-15-9-11-10(13(2,3)4)7-8-12(14-11)16-5/h6-8,10-11H,1,9H2,2-5H3. The number of thioether (sulfide) groups is 1. The average Bonchev–Trinajstić information content (AvgIpc) is 2.24. The smallest absolute Gasteiger partial charge is 0.110 e. The minimum Gasteiger partial charge on any atom is -0.500 e. The molecule has 0 saturated carbocycles. The van der Waals surface area contributed by atoms with Crippen LogP contribution in [-0.4, -0.2) is 23.9 Å². The summed E-state index contributed by atoms with van der Waals surface area (Å²) in [4.78, 5) is 4.71. The monoisotopic (exact) mass is 239 g/mol. The second-order valence-corrected chi connectivity index (χ2v) is 5.82. The molecule has 0 aromatic rings. The number of aliphatic imine (C=N–C) groups is 1. The van der Waals surface area contributed by atoms with Crippen molar-refractivity contribution in [1.29, 1.82) is 0 Å². The first-order valence-electron chi connectivity index (χ1n) is 5.51. The van der Waals surface area contributed by atoms with E-state index in [9.17, 15) is 0 Å². The molecule has 0 spiro atoms. The van der Waals surface area contributed by atoms with Crippen molar-refractivity contribution in [3.05, 3.63) is 25.0 Å². The maximum Gasteiger partial charge on any atom is 0.110 e. The lowest BCUT2D eigenvalue weighted by Crippen LogP contribution is -2.34. The minimum atomic E-state index is 0.199. The van der Waals surface area contributed by atoms with Gasteiger partial charge in [-0.25, -0.2) is 0 Å². The summed E-state index contributed by atoms with van der Waals surface area (Å²) in [6.45, 7) is 10.9. The molecular weight excluding hydrogens is 218 g/mol. The molecule has 1 rings (SSSR count). The zero-order valence-electron chi connectivity index (χ0n) is 10.6. The first-order valence-corrected chi connectivity index (χ1v) is 6.74. The van der Waals surface area contributed by atoms with Gasteiger partial charge in [0.1, 0.15) is 6.61 Å². The molecule has 0 N–H and O–H groups in total. The van der Waals surface area contributed by atoms with Crippen molar-refractivity contribution < 1.29 is 4.74 Å². The highest BCUT2D eigenvalue weighted by atomic mass is 32.2.